The van der Waals surface area contributed by atoms with Gasteiger partial charge >= 0.3 is 5.97 Å². The highest BCUT2D eigenvalue weighted by Crippen LogP contribution is 2.33. The van der Waals surface area contributed by atoms with Crippen molar-refractivity contribution >= 4 is 17.6 Å². The van der Waals surface area contributed by atoms with E-state index in [4.69, 9.17) is 13.9 Å². The van der Waals surface area contributed by atoms with Gasteiger partial charge in [-0.15, -0.1) is 0 Å². The molecule has 0 radical (unpaired) electrons. The number of hydrogen-bond acceptors (Lipinski definition) is 6. The molecule has 0 fully saturated rings. The molecular weight excluding hydrogens is 384 g/mol. The molecule has 2 aromatic rings. The zero-order valence-corrected chi connectivity index (χ0v) is 16.8. The number of nitrogens with zero attached hydrogens (tertiary/aromatic N) is 2. The predicted molar refractivity (Wildman–Crippen MR) is 110 cm³/mol. The van der Waals surface area contributed by atoms with E-state index in [0.717, 1.165) is 29.9 Å². The van der Waals surface area contributed by atoms with E-state index in [1.807, 2.05) is 36.4 Å². The molecule has 0 bridgehead atoms. The first-order valence-electron chi connectivity index (χ1n) is 10.0. The van der Waals surface area contributed by atoms with Gasteiger partial charge in [-0.05, 0) is 60.7 Å². The van der Waals surface area contributed by atoms with Gasteiger partial charge in [0.05, 0.1) is 25.5 Å². The quantitative estimate of drug-likeness (QED) is 0.513. The van der Waals surface area contributed by atoms with Gasteiger partial charge in [0.2, 0.25) is 0 Å². The van der Waals surface area contributed by atoms with Crippen LogP contribution in [-0.2, 0) is 14.3 Å². The van der Waals surface area contributed by atoms with Gasteiger partial charge in [0.1, 0.15) is 17.6 Å². The molecule has 0 spiro atoms. The van der Waals surface area contributed by atoms with Gasteiger partial charge in [0, 0.05) is 6.42 Å². The summed E-state index contributed by atoms with van der Waals surface area (Å²) in [6, 6.07) is 10.7. The molecule has 7 heteroatoms. The van der Waals surface area contributed by atoms with E-state index in [1.165, 1.54) is 5.01 Å². The lowest BCUT2D eigenvalue weighted by Gasteiger charge is -2.19. The van der Waals surface area contributed by atoms with Gasteiger partial charge in [0.25, 0.3) is 5.91 Å². The molecule has 1 aromatic heterocycles. The Morgan fingerprint density at radius 1 is 1.23 bits per heavy atom. The maximum absolute atomic E-state index is 12.8. The molecule has 0 unspecified atom stereocenters. The Bertz CT molecular complexity index is 946. The van der Waals surface area contributed by atoms with Gasteiger partial charge < -0.3 is 13.9 Å². The van der Waals surface area contributed by atoms with E-state index in [0.29, 0.717) is 18.6 Å². The van der Waals surface area contributed by atoms with Crippen molar-refractivity contribution < 1.29 is 23.5 Å². The average molecular weight is 408 g/mol. The predicted octanol–water partition coefficient (Wildman–Crippen LogP) is 3.87. The summed E-state index contributed by atoms with van der Waals surface area (Å²) in [7, 11) is 1.61. The molecular formula is C23H24N2O5. The van der Waals surface area contributed by atoms with Gasteiger partial charge in [-0.25, -0.2) is 5.01 Å². The van der Waals surface area contributed by atoms with Gasteiger partial charge in [-0.2, -0.15) is 5.10 Å². The van der Waals surface area contributed by atoms with Crippen molar-refractivity contribution in [3.05, 3.63) is 66.1 Å². The second-order valence-corrected chi connectivity index (χ2v) is 7.38. The van der Waals surface area contributed by atoms with Crippen molar-refractivity contribution in [2.24, 2.45) is 11.0 Å². The Morgan fingerprint density at radius 2 is 2.07 bits per heavy atom. The van der Waals surface area contributed by atoms with Gasteiger partial charge in [-0.3, -0.25) is 9.59 Å². The highest BCUT2D eigenvalue weighted by atomic mass is 16.5. The lowest BCUT2D eigenvalue weighted by molar-refractivity contribution is -0.153. The van der Waals surface area contributed by atoms with Crippen LogP contribution >= 0.6 is 0 Å². The Hall–Kier alpha value is -3.35. The summed E-state index contributed by atoms with van der Waals surface area (Å²) in [6.07, 6.45) is 8.40. The van der Waals surface area contributed by atoms with Crippen LogP contribution in [0.25, 0.3) is 0 Å². The van der Waals surface area contributed by atoms with Crippen LogP contribution < -0.4 is 4.74 Å². The fourth-order valence-electron chi connectivity index (χ4n) is 3.75. The van der Waals surface area contributed by atoms with Crippen molar-refractivity contribution in [2.45, 2.75) is 31.7 Å². The number of benzene rings is 1. The molecule has 2 heterocycles. The summed E-state index contributed by atoms with van der Waals surface area (Å²) in [5.41, 5.74) is 1.66. The van der Waals surface area contributed by atoms with Crippen molar-refractivity contribution in [3.63, 3.8) is 0 Å². The Kier molecular flexibility index (Phi) is 5.97. The van der Waals surface area contributed by atoms with E-state index in [9.17, 15) is 9.59 Å². The molecule has 2 atom stereocenters. The zero-order valence-electron chi connectivity index (χ0n) is 16.8. The van der Waals surface area contributed by atoms with E-state index < -0.39 is 0 Å². The largest absolute Gasteiger partial charge is 0.497 e. The van der Waals surface area contributed by atoms with Crippen LogP contribution in [0.1, 0.15) is 43.0 Å². The highest BCUT2D eigenvalue weighted by molar-refractivity contribution is 6.03. The van der Waals surface area contributed by atoms with Crippen molar-refractivity contribution in [3.8, 4) is 5.75 Å². The summed E-state index contributed by atoms with van der Waals surface area (Å²) in [5, 5.41) is 5.89. The van der Waals surface area contributed by atoms with Gasteiger partial charge in [-0.1, -0.05) is 12.2 Å². The third-order valence-electron chi connectivity index (χ3n) is 5.36. The van der Waals surface area contributed by atoms with Crippen LogP contribution in [-0.4, -0.2) is 36.3 Å². The van der Waals surface area contributed by atoms with Crippen LogP contribution in [0.4, 0.5) is 0 Å². The minimum absolute atomic E-state index is 0.204. The number of allylic oxidation sites excluding steroid dienone is 2. The maximum Gasteiger partial charge on any atom is 0.306 e. The number of ether oxygens (including phenoxy) is 2. The topological polar surface area (TPSA) is 81.3 Å². The molecule has 0 saturated carbocycles. The van der Waals surface area contributed by atoms with E-state index in [-0.39, 0.29) is 30.4 Å². The number of furan rings is 1. The molecule has 1 aromatic carbocycles. The number of rotatable bonds is 7. The van der Waals surface area contributed by atoms with Crippen LogP contribution in [0, 0.1) is 5.92 Å². The molecule has 1 amide bonds. The average Bonchev–Trinajstić information content (AvgIpc) is 3.53. The first-order valence-corrected chi connectivity index (χ1v) is 10.0. The first kappa shape index (κ1) is 19.9. The lowest BCUT2D eigenvalue weighted by atomic mass is 10.0. The number of carbonyl (C=O) groups is 2. The normalized spacial score (nSPS) is 20.3. The first-order chi connectivity index (χ1) is 14.6. The van der Waals surface area contributed by atoms with Crippen molar-refractivity contribution in [1.29, 1.82) is 0 Å². The smallest absolute Gasteiger partial charge is 0.306 e. The summed E-state index contributed by atoms with van der Waals surface area (Å²) in [4.78, 5) is 24.9. The number of amides is 1. The number of methoxy groups -OCH3 is 1. The number of carbonyl (C=O) groups excluding carboxylic acids is 2. The van der Waals surface area contributed by atoms with Crippen LogP contribution in [0.2, 0.25) is 0 Å². The molecule has 0 saturated heterocycles. The van der Waals surface area contributed by atoms with Gasteiger partial charge in [0.15, 0.2) is 6.61 Å². The number of hydrazone groups is 1. The Morgan fingerprint density at radius 3 is 2.73 bits per heavy atom. The Balaban J connectivity index is 1.45. The lowest BCUT2D eigenvalue weighted by Crippen LogP contribution is -2.31. The summed E-state index contributed by atoms with van der Waals surface area (Å²) < 4.78 is 16.0. The highest BCUT2D eigenvalue weighted by Gasteiger charge is 2.35. The maximum atomic E-state index is 12.8. The second-order valence-electron chi connectivity index (χ2n) is 7.38. The fraction of sp³-hybridized carbons (Fsp3) is 0.348. The molecule has 1 aliphatic heterocycles. The van der Waals surface area contributed by atoms with Crippen molar-refractivity contribution in [2.75, 3.05) is 13.7 Å². The third-order valence-corrected chi connectivity index (χ3v) is 5.36. The Labute approximate surface area is 175 Å². The number of hydrogen-bond donors (Lipinski definition) is 0. The second kappa shape index (κ2) is 8.98. The van der Waals surface area contributed by atoms with Crippen LogP contribution in [0.3, 0.4) is 0 Å². The molecule has 30 heavy (non-hydrogen) atoms. The molecule has 7 nitrogen and oxygen atoms in total. The monoisotopic (exact) mass is 408 g/mol. The SMILES string of the molecule is COc1ccc(C2=NN(C(=O)COC(=O)C[C@@H]3C=CCC3)[C@@H](c3ccco3)C2)cc1. The standard InChI is InChI=1S/C23H24N2O5/c1-28-18-10-8-17(9-11-18)19-14-20(21-7-4-12-29-21)25(24-19)22(26)15-30-23(27)13-16-5-2-3-6-16/h2,4-5,7-12,16,20H,3,6,13-15H2,1H3/t16-,20-/m1/s1. The van der Waals surface area contributed by atoms with E-state index in [2.05, 4.69) is 11.2 Å². The third kappa shape index (κ3) is 4.45. The molecule has 4 rings (SSSR count). The zero-order chi connectivity index (χ0) is 20.9. The summed E-state index contributed by atoms with van der Waals surface area (Å²) >= 11 is 0. The molecule has 1 aliphatic carbocycles. The summed E-state index contributed by atoms with van der Waals surface area (Å²) in [6.45, 7) is -0.341. The molecule has 0 N–H and O–H groups in total. The summed E-state index contributed by atoms with van der Waals surface area (Å²) in [5.74, 6) is 0.841. The molecule has 156 valence electrons. The number of esters is 1. The van der Waals surface area contributed by atoms with Crippen molar-refractivity contribution in [1.82, 2.24) is 5.01 Å². The molecule has 2 aliphatic rings. The van der Waals surface area contributed by atoms with Crippen LogP contribution in [0.15, 0.2) is 64.3 Å². The van der Waals surface area contributed by atoms with E-state index >= 15 is 0 Å². The minimum atomic E-state index is -0.379. The van der Waals surface area contributed by atoms with E-state index in [1.54, 1.807) is 19.4 Å². The van der Waals surface area contributed by atoms with Crippen LogP contribution in [0.5, 0.6) is 5.75 Å². The minimum Gasteiger partial charge on any atom is -0.497 e. The fourth-order valence-corrected chi connectivity index (χ4v) is 3.75.